The van der Waals surface area contributed by atoms with Crippen LogP contribution in [0.15, 0.2) is 0 Å². The van der Waals surface area contributed by atoms with Crippen molar-refractivity contribution in [2.45, 2.75) is 77.4 Å². The van der Waals surface area contributed by atoms with Gasteiger partial charge in [-0.15, -0.1) is 0 Å². The van der Waals surface area contributed by atoms with Crippen LogP contribution in [-0.4, -0.2) is 42.4 Å². The first-order chi connectivity index (χ1) is 9.94. The highest BCUT2D eigenvalue weighted by molar-refractivity contribution is 5.68. The van der Waals surface area contributed by atoms with Gasteiger partial charge in [-0.05, 0) is 52.4 Å². The van der Waals surface area contributed by atoms with Crippen molar-refractivity contribution in [3.8, 4) is 0 Å². The Bertz CT molecular complexity index is 323. The van der Waals surface area contributed by atoms with E-state index in [0.717, 1.165) is 32.5 Å². The van der Waals surface area contributed by atoms with Gasteiger partial charge < -0.3 is 14.4 Å². The average molecular weight is 297 g/mol. The first-order valence-electron chi connectivity index (χ1n) is 8.53. The van der Waals surface area contributed by atoms with Crippen LogP contribution in [0.4, 0.5) is 4.79 Å². The van der Waals surface area contributed by atoms with Gasteiger partial charge in [0.2, 0.25) is 0 Å². The third-order valence-corrected chi connectivity index (χ3v) is 4.39. The molecule has 0 aromatic heterocycles. The maximum atomic E-state index is 12.0. The molecule has 1 aliphatic heterocycles. The molecule has 0 radical (unpaired) electrons. The first-order valence-corrected chi connectivity index (χ1v) is 8.53. The highest BCUT2D eigenvalue weighted by Gasteiger charge is 2.27. The number of ether oxygens (including phenoxy) is 2. The molecule has 21 heavy (non-hydrogen) atoms. The minimum atomic E-state index is -0.405. The summed E-state index contributed by atoms with van der Waals surface area (Å²) in [5.74, 6) is 0.602. The molecular formula is C17H31NO3. The van der Waals surface area contributed by atoms with E-state index in [9.17, 15) is 4.79 Å². The van der Waals surface area contributed by atoms with Crippen molar-refractivity contribution in [1.82, 2.24) is 4.90 Å². The van der Waals surface area contributed by atoms with Crippen LogP contribution in [0.1, 0.15) is 65.7 Å². The van der Waals surface area contributed by atoms with Gasteiger partial charge in [0.05, 0.1) is 6.10 Å². The molecule has 0 aromatic carbocycles. The molecule has 1 heterocycles. The fourth-order valence-electron chi connectivity index (χ4n) is 3.11. The Balaban J connectivity index is 1.64. The summed E-state index contributed by atoms with van der Waals surface area (Å²) in [4.78, 5) is 13.8. The predicted octanol–water partition coefficient (Wildman–Crippen LogP) is 3.98. The van der Waals surface area contributed by atoms with Crippen molar-refractivity contribution in [3.63, 3.8) is 0 Å². The smallest absolute Gasteiger partial charge is 0.410 e. The number of likely N-dealkylation sites (tertiary alicyclic amines) is 1. The average Bonchev–Trinajstić information content (AvgIpc) is 2.45. The Morgan fingerprint density at radius 2 is 1.67 bits per heavy atom. The Hall–Kier alpha value is -0.770. The zero-order valence-electron chi connectivity index (χ0n) is 13.9. The topological polar surface area (TPSA) is 38.8 Å². The van der Waals surface area contributed by atoms with Crippen molar-refractivity contribution >= 4 is 6.09 Å². The normalized spacial score (nSPS) is 22.3. The van der Waals surface area contributed by atoms with E-state index < -0.39 is 5.60 Å². The maximum absolute atomic E-state index is 12.0. The monoisotopic (exact) mass is 297 g/mol. The van der Waals surface area contributed by atoms with Gasteiger partial charge in [-0.2, -0.15) is 0 Å². The third kappa shape index (κ3) is 5.85. The molecule has 1 saturated heterocycles. The van der Waals surface area contributed by atoms with Crippen molar-refractivity contribution in [2.75, 3.05) is 19.7 Å². The van der Waals surface area contributed by atoms with Gasteiger partial charge in [-0.25, -0.2) is 4.79 Å². The zero-order chi connectivity index (χ0) is 15.3. The van der Waals surface area contributed by atoms with E-state index in [2.05, 4.69) is 0 Å². The maximum Gasteiger partial charge on any atom is 0.410 e. The number of piperidine rings is 1. The SMILES string of the molecule is CC(C)(C)OC(=O)N1CCC(COC2CCCCC2)CC1. The quantitative estimate of drug-likeness (QED) is 0.791. The highest BCUT2D eigenvalue weighted by Crippen LogP contribution is 2.24. The van der Waals surface area contributed by atoms with Crippen LogP contribution in [-0.2, 0) is 9.47 Å². The highest BCUT2D eigenvalue weighted by atomic mass is 16.6. The molecule has 122 valence electrons. The summed E-state index contributed by atoms with van der Waals surface area (Å²) >= 11 is 0. The van der Waals surface area contributed by atoms with E-state index >= 15 is 0 Å². The van der Waals surface area contributed by atoms with Crippen LogP contribution in [0.5, 0.6) is 0 Å². The molecule has 2 rings (SSSR count). The third-order valence-electron chi connectivity index (χ3n) is 4.39. The van der Waals surface area contributed by atoms with Gasteiger partial charge in [-0.3, -0.25) is 0 Å². The molecule has 0 atom stereocenters. The van der Waals surface area contributed by atoms with E-state index in [-0.39, 0.29) is 6.09 Å². The van der Waals surface area contributed by atoms with Crippen molar-refractivity contribution in [2.24, 2.45) is 5.92 Å². The van der Waals surface area contributed by atoms with Crippen LogP contribution in [0, 0.1) is 5.92 Å². The van der Waals surface area contributed by atoms with E-state index in [1.165, 1.54) is 32.1 Å². The number of carbonyl (C=O) groups excluding carboxylic acids is 1. The van der Waals surface area contributed by atoms with Gasteiger partial charge in [0.1, 0.15) is 5.60 Å². The minimum Gasteiger partial charge on any atom is -0.444 e. The molecule has 0 unspecified atom stereocenters. The van der Waals surface area contributed by atoms with Gasteiger partial charge in [0.25, 0.3) is 0 Å². The lowest BCUT2D eigenvalue weighted by Crippen LogP contribution is -2.42. The largest absolute Gasteiger partial charge is 0.444 e. The summed E-state index contributed by atoms with van der Waals surface area (Å²) < 4.78 is 11.5. The van der Waals surface area contributed by atoms with E-state index in [0.29, 0.717) is 12.0 Å². The second-order valence-corrected chi connectivity index (χ2v) is 7.50. The molecule has 4 heteroatoms. The minimum absolute atomic E-state index is 0.172. The fraction of sp³-hybridized carbons (Fsp3) is 0.941. The molecule has 1 aliphatic carbocycles. The molecule has 0 N–H and O–H groups in total. The number of amides is 1. The molecule has 0 spiro atoms. The van der Waals surface area contributed by atoms with Crippen molar-refractivity contribution in [3.05, 3.63) is 0 Å². The Kier molecular flexibility index (Phi) is 5.91. The van der Waals surface area contributed by atoms with Crippen LogP contribution in [0.3, 0.4) is 0 Å². The molecule has 0 bridgehead atoms. The van der Waals surface area contributed by atoms with Crippen LogP contribution in [0.2, 0.25) is 0 Å². The lowest BCUT2D eigenvalue weighted by atomic mass is 9.96. The second-order valence-electron chi connectivity index (χ2n) is 7.50. The van der Waals surface area contributed by atoms with Gasteiger partial charge >= 0.3 is 6.09 Å². The van der Waals surface area contributed by atoms with E-state index in [1.807, 2.05) is 25.7 Å². The number of carbonyl (C=O) groups is 1. The number of hydrogen-bond acceptors (Lipinski definition) is 3. The molecule has 1 amide bonds. The van der Waals surface area contributed by atoms with E-state index in [1.54, 1.807) is 0 Å². The molecule has 4 nitrogen and oxygen atoms in total. The van der Waals surface area contributed by atoms with Crippen LogP contribution < -0.4 is 0 Å². The fourth-order valence-corrected chi connectivity index (χ4v) is 3.11. The molecular weight excluding hydrogens is 266 g/mol. The Labute approximate surface area is 129 Å². The number of rotatable bonds is 3. The Morgan fingerprint density at radius 3 is 2.24 bits per heavy atom. The molecule has 1 saturated carbocycles. The van der Waals surface area contributed by atoms with Gasteiger partial charge in [0, 0.05) is 19.7 Å². The summed E-state index contributed by atoms with van der Waals surface area (Å²) in [6.07, 6.45) is 8.86. The first kappa shape index (κ1) is 16.6. The van der Waals surface area contributed by atoms with Crippen molar-refractivity contribution < 1.29 is 14.3 Å². The number of nitrogens with zero attached hydrogens (tertiary/aromatic N) is 1. The summed E-state index contributed by atoms with van der Waals surface area (Å²) in [5.41, 5.74) is -0.405. The van der Waals surface area contributed by atoms with Crippen LogP contribution >= 0.6 is 0 Å². The Morgan fingerprint density at radius 1 is 1.05 bits per heavy atom. The summed E-state index contributed by atoms with van der Waals surface area (Å²) in [7, 11) is 0. The molecule has 0 aromatic rings. The number of hydrogen-bond donors (Lipinski definition) is 0. The van der Waals surface area contributed by atoms with Crippen molar-refractivity contribution in [1.29, 1.82) is 0 Å². The standard InChI is InChI=1S/C17H31NO3/c1-17(2,3)21-16(19)18-11-9-14(10-12-18)13-20-15-7-5-4-6-8-15/h14-15H,4-13H2,1-3H3. The molecule has 2 fully saturated rings. The lowest BCUT2D eigenvalue weighted by Gasteiger charge is -2.34. The van der Waals surface area contributed by atoms with E-state index in [4.69, 9.17) is 9.47 Å². The van der Waals surface area contributed by atoms with Gasteiger partial charge in [-0.1, -0.05) is 19.3 Å². The summed E-state index contributed by atoms with van der Waals surface area (Å²) in [6.45, 7) is 8.20. The lowest BCUT2D eigenvalue weighted by molar-refractivity contribution is -0.0125. The zero-order valence-corrected chi connectivity index (χ0v) is 13.9. The second kappa shape index (κ2) is 7.48. The van der Waals surface area contributed by atoms with Crippen LogP contribution in [0.25, 0.3) is 0 Å². The molecule has 2 aliphatic rings. The predicted molar refractivity (Wildman–Crippen MR) is 83.4 cm³/mol. The van der Waals surface area contributed by atoms with Gasteiger partial charge in [0.15, 0.2) is 0 Å². The summed E-state index contributed by atoms with van der Waals surface area (Å²) in [6, 6.07) is 0. The summed E-state index contributed by atoms with van der Waals surface area (Å²) in [5, 5.41) is 0.